The van der Waals surface area contributed by atoms with Crippen molar-refractivity contribution in [1.82, 2.24) is 25.3 Å². The van der Waals surface area contributed by atoms with E-state index in [2.05, 4.69) is 46.5 Å². The summed E-state index contributed by atoms with van der Waals surface area (Å²) in [5.74, 6) is 0.854. The van der Waals surface area contributed by atoms with Gasteiger partial charge in [-0.2, -0.15) is 5.10 Å². The second kappa shape index (κ2) is 10.2. The standard InChI is InChI=1S/C17H32N6.HI/c1-13-16(14(2)23(5)21-13)12-20-17(18-3)19-10-11-22(4)15-8-6-7-9-15;/h15H,6-12H2,1-5H3,(H2,18,19,20);1H. The fourth-order valence-electron chi connectivity index (χ4n) is 3.34. The van der Waals surface area contributed by atoms with Crippen molar-refractivity contribution >= 4 is 29.9 Å². The zero-order chi connectivity index (χ0) is 16.8. The minimum atomic E-state index is 0. The summed E-state index contributed by atoms with van der Waals surface area (Å²) in [6.07, 6.45) is 5.47. The van der Waals surface area contributed by atoms with Crippen LogP contribution in [0.15, 0.2) is 4.99 Å². The molecular formula is C17H33IN6. The molecule has 1 aromatic rings. The Morgan fingerprint density at radius 1 is 1.29 bits per heavy atom. The number of nitrogens with zero attached hydrogens (tertiary/aromatic N) is 4. The molecule has 7 heteroatoms. The van der Waals surface area contributed by atoms with Crippen LogP contribution in [0.4, 0.5) is 0 Å². The van der Waals surface area contributed by atoms with Gasteiger partial charge in [-0.15, -0.1) is 24.0 Å². The largest absolute Gasteiger partial charge is 0.355 e. The van der Waals surface area contributed by atoms with E-state index in [1.807, 2.05) is 18.8 Å². The van der Waals surface area contributed by atoms with E-state index in [1.165, 1.54) is 36.9 Å². The van der Waals surface area contributed by atoms with Gasteiger partial charge in [0.25, 0.3) is 0 Å². The molecule has 0 radical (unpaired) electrons. The predicted octanol–water partition coefficient (Wildman–Crippen LogP) is 2.19. The fraction of sp³-hybridized carbons (Fsp3) is 0.765. The van der Waals surface area contributed by atoms with Crippen molar-refractivity contribution in [3.05, 3.63) is 17.0 Å². The summed E-state index contributed by atoms with van der Waals surface area (Å²) in [6.45, 7) is 6.87. The van der Waals surface area contributed by atoms with Gasteiger partial charge in [0.05, 0.1) is 5.69 Å². The maximum absolute atomic E-state index is 4.45. The molecule has 1 aromatic heterocycles. The number of halogens is 1. The molecule has 24 heavy (non-hydrogen) atoms. The van der Waals surface area contributed by atoms with E-state index in [-0.39, 0.29) is 24.0 Å². The summed E-state index contributed by atoms with van der Waals surface area (Å²) in [7, 11) is 6.03. The van der Waals surface area contributed by atoms with Crippen LogP contribution in [0.3, 0.4) is 0 Å². The molecule has 0 bridgehead atoms. The maximum Gasteiger partial charge on any atom is 0.191 e. The Labute approximate surface area is 163 Å². The van der Waals surface area contributed by atoms with Gasteiger partial charge in [-0.25, -0.2) is 0 Å². The SMILES string of the molecule is CN=C(NCCN(C)C1CCCC1)NCc1c(C)nn(C)c1C.I. The van der Waals surface area contributed by atoms with E-state index in [1.54, 1.807) is 0 Å². The first-order valence-electron chi connectivity index (χ1n) is 8.66. The Kier molecular flexibility index (Phi) is 9.04. The average molecular weight is 448 g/mol. The van der Waals surface area contributed by atoms with Crippen LogP contribution in [0.2, 0.25) is 0 Å². The molecule has 1 aliphatic rings. The second-order valence-corrected chi connectivity index (χ2v) is 6.54. The van der Waals surface area contributed by atoms with Gasteiger partial charge in [-0.3, -0.25) is 9.67 Å². The molecule has 0 unspecified atom stereocenters. The van der Waals surface area contributed by atoms with Crippen LogP contribution >= 0.6 is 24.0 Å². The van der Waals surface area contributed by atoms with Gasteiger partial charge >= 0.3 is 0 Å². The number of hydrogen-bond donors (Lipinski definition) is 2. The highest BCUT2D eigenvalue weighted by molar-refractivity contribution is 14.0. The number of aromatic nitrogens is 2. The average Bonchev–Trinajstić information content (AvgIpc) is 3.14. The summed E-state index contributed by atoms with van der Waals surface area (Å²) in [6, 6.07) is 0.771. The zero-order valence-electron chi connectivity index (χ0n) is 15.7. The third kappa shape index (κ3) is 5.61. The van der Waals surface area contributed by atoms with Crippen LogP contribution < -0.4 is 10.6 Å². The normalized spacial score (nSPS) is 15.7. The van der Waals surface area contributed by atoms with E-state index in [9.17, 15) is 0 Å². The highest BCUT2D eigenvalue weighted by Gasteiger charge is 2.18. The van der Waals surface area contributed by atoms with Crippen molar-refractivity contribution < 1.29 is 0 Å². The summed E-state index contributed by atoms with van der Waals surface area (Å²) in [5.41, 5.74) is 3.53. The molecular weight excluding hydrogens is 415 g/mol. The first-order chi connectivity index (χ1) is 11.0. The van der Waals surface area contributed by atoms with Crippen molar-refractivity contribution in [2.45, 2.75) is 52.1 Å². The van der Waals surface area contributed by atoms with E-state index in [4.69, 9.17) is 0 Å². The molecule has 0 amide bonds. The number of likely N-dealkylation sites (N-methyl/N-ethyl adjacent to an activating group) is 1. The molecule has 0 atom stereocenters. The Bertz CT molecular complexity index is 533. The van der Waals surface area contributed by atoms with Gasteiger partial charge in [0.1, 0.15) is 0 Å². The van der Waals surface area contributed by atoms with Crippen LogP contribution in [0, 0.1) is 13.8 Å². The lowest BCUT2D eigenvalue weighted by molar-refractivity contribution is 0.249. The Morgan fingerprint density at radius 2 is 1.96 bits per heavy atom. The quantitative estimate of drug-likeness (QED) is 0.398. The van der Waals surface area contributed by atoms with E-state index < -0.39 is 0 Å². The molecule has 1 fully saturated rings. The molecule has 6 nitrogen and oxygen atoms in total. The first-order valence-corrected chi connectivity index (χ1v) is 8.66. The molecule has 138 valence electrons. The van der Waals surface area contributed by atoms with Crippen LogP contribution in [0.1, 0.15) is 42.6 Å². The maximum atomic E-state index is 4.45. The van der Waals surface area contributed by atoms with Gasteiger partial charge in [0.2, 0.25) is 0 Å². The molecule has 0 aromatic carbocycles. The van der Waals surface area contributed by atoms with Crippen LogP contribution in [0.25, 0.3) is 0 Å². The van der Waals surface area contributed by atoms with Crippen LogP contribution in [-0.4, -0.2) is 53.9 Å². The molecule has 1 aliphatic carbocycles. The number of aliphatic imine (C=N–C) groups is 1. The molecule has 0 spiro atoms. The van der Waals surface area contributed by atoms with Crippen molar-refractivity contribution in [1.29, 1.82) is 0 Å². The molecule has 0 aliphatic heterocycles. The van der Waals surface area contributed by atoms with Crippen LogP contribution in [-0.2, 0) is 13.6 Å². The van der Waals surface area contributed by atoms with Gasteiger partial charge in [0.15, 0.2) is 5.96 Å². The number of guanidine groups is 1. The summed E-state index contributed by atoms with van der Waals surface area (Å²) in [5, 5.41) is 11.3. The second-order valence-electron chi connectivity index (χ2n) is 6.54. The summed E-state index contributed by atoms with van der Waals surface area (Å²) in [4.78, 5) is 6.79. The highest BCUT2D eigenvalue weighted by atomic mass is 127. The zero-order valence-corrected chi connectivity index (χ0v) is 18.1. The lowest BCUT2D eigenvalue weighted by Gasteiger charge is -2.24. The number of nitrogens with one attached hydrogen (secondary N) is 2. The summed E-state index contributed by atoms with van der Waals surface area (Å²) < 4.78 is 1.93. The lowest BCUT2D eigenvalue weighted by atomic mass is 10.2. The van der Waals surface area contributed by atoms with Crippen molar-refractivity contribution in [3.63, 3.8) is 0 Å². The van der Waals surface area contributed by atoms with Crippen molar-refractivity contribution in [3.8, 4) is 0 Å². The van der Waals surface area contributed by atoms with Gasteiger partial charge in [-0.05, 0) is 33.7 Å². The Hall–Kier alpha value is -0.830. The number of aryl methyl sites for hydroxylation is 2. The topological polar surface area (TPSA) is 57.5 Å². The molecule has 1 heterocycles. The lowest BCUT2D eigenvalue weighted by Crippen LogP contribution is -2.42. The van der Waals surface area contributed by atoms with Gasteiger partial charge in [-0.1, -0.05) is 12.8 Å². The number of rotatable bonds is 6. The Balaban J connectivity index is 0.00000288. The highest BCUT2D eigenvalue weighted by Crippen LogP contribution is 2.21. The fourth-order valence-corrected chi connectivity index (χ4v) is 3.34. The van der Waals surface area contributed by atoms with E-state index in [0.717, 1.165) is 37.3 Å². The molecule has 0 saturated heterocycles. The molecule has 1 saturated carbocycles. The van der Waals surface area contributed by atoms with Gasteiger partial charge < -0.3 is 15.5 Å². The minimum Gasteiger partial charge on any atom is -0.355 e. The van der Waals surface area contributed by atoms with Crippen molar-refractivity contribution in [2.75, 3.05) is 27.2 Å². The third-order valence-corrected chi connectivity index (χ3v) is 5.02. The van der Waals surface area contributed by atoms with Crippen LogP contribution in [0.5, 0.6) is 0 Å². The molecule has 2 N–H and O–H groups in total. The third-order valence-electron chi connectivity index (χ3n) is 5.02. The van der Waals surface area contributed by atoms with E-state index in [0.29, 0.717) is 0 Å². The summed E-state index contributed by atoms with van der Waals surface area (Å²) >= 11 is 0. The number of hydrogen-bond acceptors (Lipinski definition) is 3. The first kappa shape index (κ1) is 21.2. The minimum absolute atomic E-state index is 0. The molecule has 2 rings (SSSR count). The predicted molar refractivity (Wildman–Crippen MR) is 111 cm³/mol. The van der Waals surface area contributed by atoms with Gasteiger partial charge in [0, 0.05) is 51.0 Å². The monoisotopic (exact) mass is 448 g/mol. The van der Waals surface area contributed by atoms with E-state index >= 15 is 0 Å². The van der Waals surface area contributed by atoms with Crippen molar-refractivity contribution in [2.24, 2.45) is 12.0 Å². The Morgan fingerprint density at radius 3 is 2.50 bits per heavy atom. The smallest absolute Gasteiger partial charge is 0.191 e.